The summed E-state index contributed by atoms with van der Waals surface area (Å²) in [6.07, 6.45) is 0. The van der Waals surface area contributed by atoms with Crippen LogP contribution >= 0.6 is 0 Å². The van der Waals surface area contributed by atoms with Crippen LogP contribution < -0.4 is 10.6 Å². The average Bonchev–Trinajstić information content (AvgIpc) is 2.49. The zero-order chi connectivity index (χ0) is 13.1. The zero-order valence-corrected chi connectivity index (χ0v) is 10.6. The van der Waals surface area contributed by atoms with Crippen molar-refractivity contribution in [3.63, 3.8) is 0 Å². The number of aromatic nitrogens is 2. The normalized spacial score (nSPS) is 15.5. The van der Waals surface area contributed by atoms with Gasteiger partial charge in [-0.15, -0.1) is 10.2 Å². The third-order valence-corrected chi connectivity index (χ3v) is 3.19. The second-order valence-corrected chi connectivity index (χ2v) is 4.50. The van der Waals surface area contributed by atoms with E-state index in [2.05, 4.69) is 15.1 Å². The predicted molar refractivity (Wildman–Crippen MR) is 74.9 cm³/mol. The van der Waals surface area contributed by atoms with Crippen molar-refractivity contribution >= 4 is 11.5 Å². The Morgan fingerprint density at radius 1 is 0.947 bits per heavy atom. The Bertz CT molecular complexity index is 532. The highest BCUT2D eigenvalue weighted by molar-refractivity contribution is 5.62. The number of rotatable bonds is 2. The lowest BCUT2D eigenvalue weighted by atomic mass is 10.1. The highest BCUT2D eigenvalue weighted by atomic mass is 16.5. The lowest BCUT2D eigenvalue weighted by Crippen LogP contribution is -2.36. The molecule has 1 aliphatic rings. The van der Waals surface area contributed by atoms with Crippen LogP contribution in [-0.4, -0.2) is 36.5 Å². The number of hydrogen-bond donors (Lipinski definition) is 1. The molecule has 98 valence electrons. The number of hydrogen-bond acceptors (Lipinski definition) is 5. The lowest BCUT2D eigenvalue weighted by Gasteiger charge is -2.27. The van der Waals surface area contributed by atoms with Crippen LogP contribution in [0.4, 0.5) is 11.5 Å². The molecule has 3 rings (SSSR count). The Balaban J connectivity index is 1.80. The van der Waals surface area contributed by atoms with Crippen molar-refractivity contribution in [1.82, 2.24) is 10.2 Å². The Morgan fingerprint density at radius 2 is 1.68 bits per heavy atom. The highest BCUT2D eigenvalue weighted by Gasteiger charge is 2.12. The smallest absolute Gasteiger partial charge is 0.151 e. The van der Waals surface area contributed by atoms with Gasteiger partial charge in [0.2, 0.25) is 0 Å². The first-order chi connectivity index (χ1) is 9.33. The standard InChI is InChI=1S/C14H16N4O/c15-12-3-1-11(2-4-12)13-5-6-14(17-16-13)18-7-9-19-10-8-18/h1-6H,7-10,15H2. The van der Waals surface area contributed by atoms with Gasteiger partial charge in [0.15, 0.2) is 5.82 Å². The van der Waals surface area contributed by atoms with Gasteiger partial charge in [-0.1, -0.05) is 12.1 Å². The topological polar surface area (TPSA) is 64.3 Å². The summed E-state index contributed by atoms with van der Waals surface area (Å²) < 4.78 is 5.32. The first-order valence-electron chi connectivity index (χ1n) is 6.35. The minimum absolute atomic E-state index is 0.751. The van der Waals surface area contributed by atoms with E-state index in [4.69, 9.17) is 10.5 Å². The van der Waals surface area contributed by atoms with Crippen molar-refractivity contribution in [1.29, 1.82) is 0 Å². The van der Waals surface area contributed by atoms with Crippen LogP contribution in [0.1, 0.15) is 0 Å². The molecule has 0 spiro atoms. The Morgan fingerprint density at radius 3 is 2.32 bits per heavy atom. The van der Waals surface area contributed by atoms with Gasteiger partial charge in [-0.25, -0.2) is 0 Å². The maximum atomic E-state index is 5.67. The molecule has 1 aromatic carbocycles. The van der Waals surface area contributed by atoms with Crippen molar-refractivity contribution in [3.8, 4) is 11.3 Å². The maximum Gasteiger partial charge on any atom is 0.151 e. The van der Waals surface area contributed by atoms with Crippen LogP contribution in [0.3, 0.4) is 0 Å². The van der Waals surface area contributed by atoms with Crippen molar-refractivity contribution in [2.45, 2.75) is 0 Å². The molecule has 1 fully saturated rings. The molecule has 0 bridgehead atoms. The maximum absolute atomic E-state index is 5.67. The van der Waals surface area contributed by atoms with Gasteiger partial charge in [0.05, 0.1) is 18.9 Å². The number of morpholine rings is 1. The Kier molecular flexibility index (Phi) is 3.29. The first-order valence-corrected chi connectivity index (χ1v) is 6.35. The van der Waals surface area contributed by atoms with E-state index in [0.29, 0.717) is 0 Å². The third-order valence-electron chi connectivity index (χ3n) is 3.19. The summed E-state index contributed by atoms with van der Waals surface area (Å²) in [6, 6.07) is 11.6. The van der Waals surface area contributed by atoms with Gasteiger partial charge in [-0.3, -0.25) is 0 Å². The molecule has 0 atom stereocenters. The number of benzene rings is 1. The van der Waals surface area contributed by atoms with Gasteiger partial charge < -0.3 is 15.4 Å². The van der Waals surface area contributed by atoms with E-state index in [1.807, 2.05) is 36.4 Å². The molecule has 1 aromatic heterocycles. The fraction of sp³-hybridized carbons (Fsp3) is 0.286. The van der Waals surface area contributed by atoms with Crippen LogP contribution in [0.2, 0.25) is 0 Å². The van der Waals surface area contributed by atoms with E-state index in [9.17, 15) is 0 Å². The zero-order valence-electron chi connectivity index (χ0n) is 10.6. The summed E-state index contributed by atoms with van der Waals surface area (Å²) in [5, 5.41) is 8.57. The molecule has 0 radical (unpaired) electrons. The van der Waals surface area contributed by atoms with Crippen molar-refractivity contribution < 1.29 is 4.74 Å². The van der Waals surface area contributed by atoms with E-state index in [-0.39, 0.29) is 0 Å². The third kappa shape index (κ3) is 2.66. The largest absolute Gasteiger partial charge is 0.399 e. The van der Waals surface area contributed by atoms with Crippen LogP contribution in [0.15, 0.2) is 36.4 Å². The van der Waals surface area contributed by atoms with Crippen molar-refractivity contribution in [2.24, 2.45) is 0 Å². The second kappa shape index (κ2) is 5.24. The van der Waals surface area contributed by atoms with Crippen molar-refractivity contribution in [3.05, 3.63) is 36.4 Å². The SMILES string of the molecule is Nc1ccc(-c2ccc(N3CCOCC3)nn2)cc1. The fourth-order valence-electron chi connectivity index (χ4n) is 2.09. The summed E-state index contributed by atoms with van der Waals surface area (Å²) in [4.78, 5) is 2.18. The van der Waals surface area contributed by atoms with E-state index >= 15 is 0 Å². The molecular weight excluding hydrogens is 240 g/mol. The number of ether oxygens (including phenoxy) is 1. The monoisotopic (exact) mass is 256 g/mol. The number of nitrogen functional groups attached to an aromatic ring is 1. The molecule has 2 aromatic rings. The van der Waals surface area contributed by atoms with Gasteiger partial charge in [0, 0.05) is 24.3 Å². The molecule has 0 unspecified atom stereocenters. The summed E-state index contributed by atoms with van der Waals surface area (Å²) in [5.74, 6) is 0.905. The molecule has 5 nitrogen and oxygen atoms in total. The van der Waals surface area contributed by atoms with E-state index in [0.717, 1.165) is 49.1 Å². The van der Waals surface area contributed by atoms with Crippen LogP contribution in [-0.2, 0) is 4.74 Å². The summed E-state index contributed by atoms with van der Waals surface area (Å²) in [7, 11) is 0. The molecule has 0 saturated carbocycles. The van der Waals surface area contributed by atoms with Crippen molar-refractivity contribution in [2.75, 3.05) is 36.9 Å². The van der Waals surface area contributed by atoms with Crippen LogP contribution in [0.25, 0.3) is 11.3 Å². The van der Waals surface area contributed by atoms with Gasteiger partial charge in [0.25, 0.3) is 0 Å². The van der Waals surface area contributed by atoms with Gasteiger partial charge >= 0.3 is 0 Å². The Hall–Kier alpha value is -2.14. The summed E-state index contributed by atoms with van der Waals surface area (Å²) >= 11 is 0. The number of nitrogens with two attached hydrogens (primary N) is 1. The molecule has 2 heterocycles. The average molecular weight is 256 g/mol. The minimum atomic E-state index is 0.751. The Labute approximate surface area is 112 Å². The minimum Gasteiger partial charge on any atom is -0.399 e. The molecule has 2 N–H and O–H groups in total. The van der Waals surface area contributed by atoms with Gasteiger partial charge in [-0.2, -0.15) is 0 Å². The number of anilines is 2. The summed E-state index contributed by atoms with van der Waals surface area (Å²) in [6.45, 7) is 3.24. The van der Waals surface area contributed by atoms with E-state index in [1.165, 1.54) is 0 Å². The fourth-order valence-corrected chi connectivity index (χ4v) is 2.09. The molecule has 1 saturated heterocycles. The number of nitrogens with zero attached hydrogens (tertiary/aromatic N) is 3. The van der Waals surface area contributed by atoms with E-state index in [1.54, 1.807) is 0 Å². The highest BCUT2D eigenvalue weighted by Crippen LogP contribution is 2.20. The van der Waals surface area contributed by atoms with Crippen LogP contribution in [0.5, 0.6) is 0 Å². The molecular formula is C14H16N4O. The quantitative estimate of drug-likeness (QED) is 0.826. The molecule has 0 amide bonds. The van der Waals surface area contributed by atoms with Gasteiger partial charge in [0.1, 0.15) is 0 Å². The van der Waals surface area contributed by atoms with Crippen LogP contribution in [0, 0.1) is 0 Å². The molecule has 1 aliphatic heterocycles. The second-order valence-electron chi connectivity index (χ2n) is 4.50. The predicted octanol–water partition coefficient (Wildman–Crippen LogP) is 1.56. The summed E-state index contributed by atoms with van der Waals surface area (Å²) in [5.41, 5.74) is 8.31. The van der Waals surface area contributed by atoms with Gasteiger partial charge in [-0.05, 0) is 24.3 Å². The first kappa shape index (κ1) is 11.9. The van der Waals surface area contributed by atoms with E-state index < -0.39 is 0 Å². The lowest BCUT2D eigenvalue weighted by molar-refractivity contribution is 0.122. The molecule has 0 aliphatic carbocycles. The molecule has 5 heteroatoms. The molecule has 19 heavy (non-hydrogen) atoms.